The van der Waals surface area contributed by atoms with E-state index in [4.69, 9.17) is 25.7 Å². The quantitative estimate of drug-likeness (QED) is 0.361. The summed E-state index contributed by atoms with van der Waals surface area (Å²) < 4.78 is 18.2. The van der Waals surface area contributed by atoms with Gasteiger partial charge < -0.3 is 35.9 Å². The lowest BCUT2D eigenvalue weighted by Crippen LogP contribution is -2.39. The van der Waals surface area contributed by atoms with Gasteiger partial charge in [0.15, 0.2) is 17.7 Å². The van der Waals surface area contributed by atoms with Crippen molar-refractivity contribution in [2.75, 3.05) is 25.6 Å². The number of aromatic nitrogens is 4. The fourth-order valence-corrected chi connectivity index (χ4v) is 3.08. The number of carbonyl (C=O) groups excluding carboxylic acids is 1. The zero-order valence-corrected chi connectivity index (χ0v) is 16.9. The van der Waals surface area contributed by atoms with Crippen LogP contribution < -0.4 is 11.5 Å². The Hall–Kier alpha value is -2.38. The first-order valence-electron chi connectivity index (χ1n) is 9.73. The van der Waals surface area contributed by atoms with Crippen LogP contribution in [0.4, 0.5) is 5.82 Å². The van der Waals surface area contributed by atoms with E-state index in [2.05, 4.69) is 15.0 Å². The molecule has 12 heteroatoms. The number of fused-ring (bicyclic) bond motifs is 1. The third kappa shape index (κ3) is 4.84. The summed E-state index contributed by atoms with van der Waals surface area (Å²) in [5, 5.41) is 19.9. The van der Waals surface area contributed by atoms with Crippen LogP contribution in [0.5, 0.6) is 0 Å². The zero-order chi connectivity index (χ0) is 21.8. The summed E-state index contributed by atoms with van der Waals surface area (Å²) in [7, 11) is 0. The monoisotopic (exact) mass is 424 g/mol. The smallest absolute Gasteiger partial charge is 0.323 e. The van der Waals surface area contributed by atoms with E-state index in [0.717, 1.165) is 0 Å². The second kappa shape index (κ2) is 9.62. The fourth-order valence-electron chi connectivity index (χ4n) is 3.08. The van der Waals surface area contributed by atoms with Crippen molar-refractivity contribution in [3.05, 3.63) is 12.7 Å². The number of aliphatic hydroxyl groups is 2. The van der Waals surface area contributed by atoms with E-state index in [0.29, 0.717) is 17.6 Å². The molecule has 12 nitrogen and oxygen atoms in total. The lowest BCUT2D eigenvalue weighted by atomic mass is 10.1. The van der Waals surface area contributed by atoms with Crippen molar-refractivity contribution < 1.29 is 29.2 Å². The van der Waals surface area contributed by atoms with Crippen molar-refractivity contribution in [3.63, 3.8) is 0 Å². The van der Waals surface area contributed by atoms with E-state index in [1.54, 1.807) is 4.57 Å². The molecule has 3 heterocycles. The Morgan fingerprint density at radius 3 is 2.87 bits per heavy atom. The molecule has 1 saturated heterocycles. The number of hydrogen-bond acceptors (Lipinski definition) is 11. The van der Waals surface area contributed by atoms with Crippen molar-refractivity contribution in [1.29, 1.82) is 0 Å². The maximum Gasteiger partial charge on any atom is 0.323 e. The van der Waals surface area contributed by atoms with E-state index < -0.39 is 36.6 Å². The minimum absolute atomic E-state index is 0.0591. The molecule has 0 saturated carbocycles. The molecule has 0 aliphatic carbocycles. The van der Waals surface area contributed by atoms with E-state index in [-0.39, 0.29) is 31.6 Å². The van der Waals surface area contributed by atoms with E-state index in [9.17, 15) is 15.0 Å². The number of ether oxygens (including phenoxy) is 3. The zero-order valence-electron chi connectivity index (χ0n) is 16.9. The van der Waals surface area contributed by atoms with Crippen LogP contribution in [0.1, 0.15) is 26.5 Å². The summed E-state index contributed by atoms with van der Waals surface area (Å²) in [6.07, 6.45) is 0.408. The molecule has 0 aromatic carbocycles. The summed E-state index contributed by atoms with van der Waals surface area (Å²) in [6, 6.07) is -0.735. The third-order valence-electron chi connectivity index (χ3n) is 4.95. The van der Waals surface area contributed by atoms with E-state index >= 15 is 0 Å². The second-order valence-corrected chi connectivity index (χ2v) is 7.57. The van der Waals surface area contributed by atoms with Crippen LogP contribution in [-0.4, -0.2) is 79.9 Å². The molecule has 6 N–H and O–H groups in total. The number of rotatable bonds is 9. The summed E-state index contributed by atoms with van der Waals surface area (Å²) >= 11 is 0. The average Bonchev–Trinajstić information content (AvgIpc) is 3.31. The minimum Gasteiger partial charge on any atom is -0.462 e. The van der Waals surface area contributed by atoms with Crippen LogP contribution >= 0.6 is 0 Å². The van der Waals surface area contributed by atoms with Crippen LogP contribution in [0.2, 0.25) is 0 Å². The van der Waals surface area contributed by atoms with Crippen LogP contribution in [0, 0.1) is 5.92 Å². The lowest BCUT2D eigenvalue weighted by Gasteiger charge is -2.20. The molecule has 3 rings (SSSR count). The van der Waals surface area contributed by atoms with Gasteiger partial charge in [-0.3, -0.25) is 9.36 Å². The highest BCUT2D eigenvalue weighted by molar-refractivity contribution is 5.81. The maximum atomic E-state index is 11.8. The Morgan fingerprint density at radius 2 is 2.17 bits per heavy atom. The highest BCUT2D eigenvalue weighted by Gasteiger charge is 2.37. The summed E-state index contributed by atoms with van der Waals surface area (Å²) in [5.41, 5.74) is 12.4. The van der Waals surface area contributed by atoms with Gasteiger partial charge >= 0.3 is 5.97 Å². The van der Waals surface area contributed by atoms with Crippen LogP contribution in [-0.2, 0) is 19.0 Å². The summed E-state index contributed by atoms with van der Waals surface area (Å²) in [4.78, 5) is 24.1. The number of carbonyl (C=O) groups is 1. The first-order valence-corrected chi connectivity index (χ1v) is 9.73. The largest absolute Gasteiger partial charge is 0.462 e. The molecule has 0 spiro atoms. The second-order valence-electron chi connectivity index (χ2n) is 7.57. The molecular formula is C18H28N6O6. The molecule has 0 bridgehead atoms. The Labute approximate surface area is 173 Å². The van der Waals surface area contributed by atoms with Gasteiger partial charge in [0.2, 0.25) is 0 Å². The highest BCUT2D eigenvalue weighted by Crippen LogP contribution is 2.31. The predicted octanol–water partition coefficient (Wildman–Crippen LogP) is -1.04. The van der Waals surface area contributed by atoms with E-state index in [1.165, 1.54) is 12.7 Å². The molecule has 3 unspecified atom stereocenters. The molecule has 0 amide bonds. The molecule has 2 aromatic rings. The van der Waals surface area contributed by atoms with Crippen molar-refractivity contribution in [2.45, 2.75) is 50.8 Å². The van der Waals surface area contributed by atoms with Gasteiger partial charge in [-0.05, 0) is 5.92 Å². The van der Waals surface area contributed by atoms with Crippen molar-refractivity contribution >= 4 is 23.0 Å². The number of nitrogens with zero attached hydrogens (tertiary/aromatic N) is 4. The standard InChI is InChI=1S/C18H28N6O6/c1-9(2)13(19)18(27)29-6-11(4-25)28-5-10-3-12(26)17(30-10)24-8-23-14-15(20)21-7-22-16(14)24/h7-13,17,25-26H,3-6,19H2,1-2H3,(H2,20,21,22)/t10-,11?,12?,13?,17+/m0/s1. The van der Waals surface area contributed by atoms with Crippen LogP contribution in [0.25, 0.3) is 11.2 Å². The van der Waals surface area contributed by atoms with Crippen LogP contribution in [0.15, 0.2) is 12.7 Å². The number of esters is 1. The predicted molar refractivity (Wildman–Crippen MR) is 105 cm³/mol. The van der Waals surface area contributed by atoms with Gasteiger partial charge in [0.1, 0.15) is 36.7 Å². The van der Waals surface area contributed by atoms with Crippen molar-refractivity contribution in [2.24, 2.45) is 11.7 Å². The van der Waals surface area contributed by atoms with Gasteiger partial charge in [-0.15, -0.1) is 0 Å². The van der Waals surface area contributed by atoms with Crippen molar-refractivity contribution in [3.8, 4) is 0 Å². The molecule has 166 valence electrons. The van der Waals surface area contributed by atoms with Gasteiger partial charge in [-0.2, -0.15) is 0 Å². The Morgan fingerprint density at radius 1 is 1.40 bits per heavy atom. The number of imidazole rings is 1. The molecule has 1 fully saturated rings. The topological polar surface area (TPSA) is 181 Å². The number of hydrogen-bond donors (Lipinski definition) is 4. The Balaban J connectivity index is 1.54. The summed E-state index contributed by atoms with van der Waals surface area (Å²) in [6.45, 7) is 3.25. The number of aliphatic hydroxyl groups excluding tert-OH is 2. The van der Waals surface area contributed by atoms with Gasteiger partial charge in [0.25, 0.3) is 0 Å². The molecule has 0 radical (unpaired) electrons. The molecule has 5 atom stereocenters. The van der Waals surface area contributed by atoms with Gasteiger partial charge in [0.05, 0.1) is 25.6 Å². The fraction of sp³-hybridized carbons (Fsp3) is 0.667. The first-order chi connectivity index (χ1) is 14.3. The van der Waals surface area contributed by atoms with E-state index in [1.807, 2.05) is 13.8 Å². The molecular weight excluding hydrogens is 396 g/mol. The number of anilines is 1. The van der Waals surface area contributed by atoms with Crippen LogP contribution in [0.3, 0.4) is 0 Å². The maximum absolute atomic E-state index is 11.8. The molecule has 30 heavy (non-hydrogen) atoms. The molecule has 2 aromatic heterocycles. The lowest BCUT2D eigenvalue weighted by molar-refractivity contribution is -0.153. The first kappa shape index (κ1) is 22.3. The summed E-state index contributed by atoms with van der Waals surface area (Å²) in [5.74, 6) is -0.368. The normalized spacial score (nSPS) is 23.7. The van der Waals surface area contributed by atoms with Gasteiger partial charge in [-0.25, -0.2) is 15.0 Å². The number of nitrogen functional groups attached to an aromatic ring is 1. The SMILES string of the molecule is CC(C)C(N)C(=O)OCC(CO)OC[C@@H]1CC(O)[C@H](n2cnc3c(N)ncnc32)O1. The molecule has 1 aliphatic heterocycles. The third-order valence-corrected chi connectivity index (χ3v) is 4.95. The Kier molecular flexibility index (Phi) is 7.15. The van der Waals surface area contributed by atoms with Gasteiger partial charge in [-0.1, -0.05) is 13.8 Å². The molecule has 1 aliphatic rings. The Bertz CT molecular complexity index is 861. The number of nitrogens with two attached hydrogens (primary N) is 2. The van der Waals surface area contributed by atoms with Crippen molar-refractivity contribution in [1.82, 2.24) is 19.5 Å². The van der Waals surface area contributed by atoms with Gasteiger partial charge in [0, 0.05) is 6.42 Å². The average molecular weight is 424 g/mol. The minimum atomic E-state index is -0.818. The highest BCUT2D eigenvalue weighted by atomic mass is 16.6.